The maximum atomic E-state index is 12.4. The molecular weight excluding hydrogens is 302 g/mol. The van der Waals surface area contributed by atoms with Gasteiger partial charge in [-0.15, -0.1) is 6.58 Å². The second kappa shape index (κ2) is 6.61. The van der Waals surface area contributed by atoms with Crippen LogP contribution in [0.5, 0.6) is 0 Å². The average molecular weight is 332 g/mol. The first kappa shape index (κ1) is 18.0. The number of benzene rings is 1. The van der Waals surface area contributed by atoms with Crippen molar-refractivity contribution in [1.29, 1.82) is 0 Å². The average Bonchev–Trinajstić information content (AvgIpc) is 2.47. The van der Waals surface area contributed by atoms with Crippen molar-refractivity contribution in [2.75, 3.05) is 13.1 Å². The predicted molar refractivity (Wildman–Crippen MR) is 98.2 cm³/mol. The largest absolute Gasteiger partial charge is 0.413 e. The molecule has 126 valence electrons. The molecular formula is C19H29NO2Si. The summed E-state index contributed by atoms with van der Waals surface area (Å²) in [5, 5.41) is 0.211. The highest BCUT2D eigenvalue weighted by molar-refractivity contribution is 6.74. The number of amides is 1. The van der Waals surface area contributed by atoms with E-state index in [2.05, 4.69) is 46.5 Å². The van der Waals surface area contributed by atoms with E-state index in [1.807, 2.05) is 17.0 Å². The van der Waals surface area contributed by atoms with Crippen molar-refractivity contribution >= 4 is 14.2 Å². The Hall–Kier alpha value is -1.39. The lowest BCUT2D eigenvalue weighted by Crippen LogP contribution is -2.40. The molecule has 0 N–H and O–H groups in total. The van der Waals surface area contributed by atoms with Gasteiger partial charge in [0, 0.05) is 18.7 Å². The van der Waals surface area contributed by atoms with E-state index in [-0.39, 0.29) is 10.9 Å². The molecule has 1 aromatic carbocycles. The highest BCUT2D eigenvalue weighted by Gasteiger charge is 2.37. The van der Waals surface area contributed by atoms with Crippen LogP contribution in [0.3, 0.4) is 0 Å². The van der Waals surface area contributed by atoms with E-state index in [0.717, 1.165) is 24.1 Å². The molecule has 0 spiro atoms. The summed E-state index contributed by atoms with van der Waals surface area (Å²) in [4.78, 5) is 14.3. The summed E-state index contributed by atoms with van der Waals surface area (Å²) in [6.07, 6.45) is 2.69. The molecule has 3 nitrogen and oxygen atoms in total. The molecule has 23 heavy (non-hydrogen) atoms. The molecule has 1 aliphatic heterocycles. The van der Waals surface area contributed by atoms with Crippen LogP contribution >= 0.6 is 0 Å². The summed E-state index contributed by atoms with van der Waals surface area (Å²) in [5.74, 6) is 0.114. The molecule has 0 saturated heterocycles. The molecule has 0 radical (unpaired) electrons. The molecule has 4 heteroatoms. The van der Waals surface area contributed by atoms with E-state index in [1.165, 1.54) is 5.56 Å². The Morgan fingerprint density at radius 1 is 1.35 bits per heavy atom. The number of nitrogens with zero attached hydrogens (tertiary/aromatic N) is 1. The molecule has 1 heterocycles. The Morgan fingerprint density at radius 3 is 2.65 bits per heavy atom. The van der Waals surface area contributed by atoms with Crippen LogP contribution in [0.25, 0.3) is 0 Å². The number of carbonyl (C=O) groups excluding carboxylic acids is 1. The summed E-state index contributed by atoms with van der Waals surface area (Å²) in [5.41, 5.74) is 3.14. The highest BCUT2D eigenvalue weighted by Crippen LogP contribution is 2.37. The fraction of sp³-hybridized carbons (Fsp3) is 0.526. The quantitative estimate of drug-likeness (QED) is 0.591. The minimum Gasteiger partial charge on any atom is -0.413 e. The summed E-state index contributed by atoms with van der Waals surface area (Å²) >= 11 is 0. The number of carbonyl (C=O) groups is 1. The number of hydrogen-bond donors (Lipinski definition) is 0. The predicted octanol–water partition coefficient (Wildman–Crippen LogP) is 4.39. The third-order valence-corrected chi connectivity index (χ3v) is 9.57. The van der Waals surface area contributed by atoms with Gasteiger partial charge in [0.05, 0.1) is 6.61 Å². The van der Waals surface area contributed by atoms with Gasteiger partial charge in [0.2, 0.25) is 0 Å². The maximum Gasteiger partial charge on any atom is 0.254 e. The van der Waals surface area contributed by atoms with Gasteiger partial charge >= 0.3 is 0 Å². The molecule has 0 aromatic heterocycles. The zero-order valence-corrected chi connectivity index (χ0v) is 16.1. The van der Waals surface area contributed by atoms with Crippen LogP contribution in [0.15, 0.2) is 30.9 Å². The first-order valence-corrected chi connectivity index (χ1v) is 11.2. The van der Waals surface area contributed by atoms with Crippen molar-refractivity contribution < 1.29 is 9.22 Å². The monoisotopic (exact) mass is 331 g/mol. The second-order valence-electron chi connectivity index (χ2n) is 7.83. The van der Waals surface area contributed by atoms with Crippen LogP contribution in [-0.4, -0.2) is 32.2 Å². The van der Waals surface area contributed by atoms with Gasteiger partial charge in [-0.05, 0) is 41.7 Å². The van der Waals surface area contributed by atoms with Crippen LogP contribution in [0.2, 0.25) is 18.1 Å². The summed E-state index contributed by atoms with van der Waals surface area (Å²) < 4.78 is 6.29. The first-order valence-electron chi connectivity index (χ1n) is 8.31. The Bertz CT molecular complexity index is 602. The Morgan fingerprint density at radius 2 is 2.04 bits per heavy atom. The summed E-state index contributed by atoms with van der Waals surface area (Å²) in [7, 11) is -1.74. The Balaban J connectivity index is 2.11. The van der Waals surface area contributed by atoms with Crippen LogP contribution in [0, 0.1) is 0 Å². The minimum absolute atomic E-state index is 0.114. The number of rotatable bonds is 5. The van der Waals surface area contributed by atoms with Gasteiger partial charge in [0.15, 0.2) is 8.32 Å². The molecule has 0 atom stereocenters. The molecule has 0 unspecified atom stereocenters. The number of hydrogen-bond acceptors (Lipinski definition) is 2. The van der Waals surface area contributed by atoms with Gasteiger partial charge in [-0.25, -0.2) is 0 Å². The van der Waals surface area contributed by atoms with Gasteiger partial charge in [0.25, 0.3) is 5.91 Å². The topological polar surface area (TPSA) is 29.5 Å². The zero-order chi connectivity index (χ0) is 17.3. The van der Waals surface area contributed by atoms with E-state index in [1.54, 1.807) is 6.08 Å². The third-order valence-electron chi connectivity index (χ3n) is 5.09. The second-order valence-corrected chi connectivity index (χ2v) is 12.6. The normalized spacial score (nSPS) is 15.5. The summed E-state index contributed by atoms with van der Waals surface area (Å²) in [6.45, 7) is 17.0. The Kier molecular flexibility index (Phi) is 5.16. The van der Waals surface area contributed by atoms with E-state index in [4.69, 9.17) is 4.43 Å². The van der Waals surface area contributed by atoms with Crippen molar-refractivity contribution in [2.24, 2.45) is 0 Å². The SMILES string of the molecule is C=CCN1CCc2cc(CO[Si](C)(C)C(C)(C)C)ccc2C1=O. The van der Waals surface area contributed by atoms with E-state index >= 15 is 0 Å². The molecule has 0 fully saturated rings. The maximum absolute atomic E-state index is 12.4. The van der Waals surface area contributed by atoms with Crippen LogP contribution in [-0.2, 0) is 17.5 Å². The zero-order valence-electron chi connectivity index (χ0n) is 15.1. The molecule has 0 saturated carbocycles. The lowest BCUT2D eigenvalue weighted by molar-refractivity contribution is 0.0759. The number of fused-ring (bicyclic) bond motifs is 1. The fourth-order valence-electron chi connectivity index (χ4n) is 2.49. The van der Waals surface area contributed by atoms with Crippen molar-refractivity contribution in [1.82, 2.24) is 4.90 Å². The van der Waals surface area contributed by atoms with Crippen molar-refractivity contribution in [3.63, 3.8) is 0 Å². The fourth-order valence-corrected chi connectivity index (χ4v) is 3.45. The molecule has 2 rings (SSSR count). The molecule has 1 aliphatic rings. The molecule has 1 aromatic rings. The van der Waals surface area contributed by atoms with E-state index in [9.17, 15) is 4.79 Å². The van der Waals surface area contributed by atoms with Crippen molar-refractivity contribution in [3.8, 4) is 0 Å². The lowest BCUT2D eigenvalue weighted by atomic mass is 9.97. The molecule has 1 amide bonds. The van der Waals surface area contributed by atoms with Crippen molar-refractivity contribution in [2.45, 2.75) is 51.9 Å². The van der Waals surface area contributed by atoms with Crippen LogP contribution < -0.4 is 0 Å². The smallest absolute Gasteiger partial charge is 0.254 e. The van der Waals surface area contributed by atoms with Crippen LogP contribution in [0.1, 0.15) is 42.3 Å². The van der Waals surface area contributed by atoms with Gasteiger partial charge < -0.3 is 9.33 Å². The Labute approximate surface area is 141 Å². The minimum atomic E-state index is -1.74. The standard InChI is InChI=1S/C19H29NO2Si/c1-7-11-20-12-10-16-13-15(8-9-17(16)18(20)21)14-22-23(5,6)19(2,3)4/h7-9,13H,1,10-12,14H2,2-6H3. The first-order chi connectivity index (χ1) is 10.7. The summed E-state index contributed by atoms with van der Waals surface area (Å²) in [6, 6.07) is 6.13. The van der Waals surface area contributed by atoms with Gasteiger partial charge in [-0.1, -0.05) is 39.0 Å². The van der Waals surface area contributed by atoms with E-state index in [0.29, 0.717) is 13.2 Å². The lowest BCUT2D eigenvalue weighted by Gasteiger charge is -2.36. The van der Waals surface area contributed by atoms with Crippen LogP contribution in [0.4, 0.5) is 0 Å². The highest BCUT2D eigenvalue weighted by atomic mass is 28.4. The van der Waals surface area contributed by atoms with Crippen molar-refractivity contribution in [3.05, 3.63) is 47.5 Å². The molecule has 0 bridgehead atoms. The van der Waals surface area contributed by atoms with Gasteiger partial charge in [-0.3, -0.25) is 4.79 Å². The molecule has 0 aliphatic carbocycles. The van der Waals surface area contributed by atoms with Gasteiger partial charge in [-0.2, -0.15) is 0 Å². The van der Waals surface area contributed by atoms with E-state index < -0.39 is 8.32 Å². The third kappa shape index (κ3) is 3.93. The van der Waals surface area contributed by atoms with Gasteiger partial charge in [0.1, 0.15) is 0 Å².